The second-order valence-corrected chi connectivity index (χ2v) is 23.8. The van der Waals surface area contributed by atoms with Crippen molar-refractivity contribution in [2.24, 2.45) is 5.73 Å². The lowest BCUT2D eigenvalue weighted by atomic mass is 10.0. The number of carbonyl (C=O) groups excluding carboxylic acids is 2. The molecular formula is C69H126NO8P. The molecule has 0 amide bonds. The van der Waals surface area contributed by atoms with Crippen LogP contribution in [0.25, 0.3) is 0 Å². The van der Waals surface area contributed by atoms with Crippen molar-refractivity contribution in [1.29, 1.82) is 0 Å². The van der Waals surface area contributed by atoms with Crippen molar-refractivity contribution in [3.05, 3.63) is 72.9 Å². The van der Waals surface area contributed by atoms with Crippen LogP contribution in [-0.4, -0.2) is 49.3 Å². The van der Waals surface area contributed by atoms with Crippen molar-refractivity contribution in [2.45, 2.75) is 328 Å². The van der Waals surface area contributed by atoms with E-state index >= 15 is 0 Å². The number of nitrogens with two attached hydrogens (primary N) is 1. The van der Waals surface area contributed by atoms with E-state index in [9.17, 15) is 19.0 Å². The fourth-order valence-corrected chi connectivity index (χ4v) is 10.5. The van der Waals surface area contributed by atoms with Gasteiger partial charge in [-0.2, -0.15) is 0 Å². The number of esters is 2. The number of allylic oxidation sites excluding steroid dienone is 12. The van der Waals surface area contributed by atoms with Gasteiger partial charge in [0.05, 0.1) is 13.2 Å². The Balaban J connectivity index is 3.89. The summed E-state index contributed by atoms with van der Waals surface area (Å²) in [5.41, 5.74) is 5.40. The zero-order chi connectivity index (χ0) is 57.3. The van der Waals surface area contributed by atoms with Gasteiger partial charge in [-0.15, -0.1) is 0 Å². The Bertz CT molecular complexity index is 1520. The number of carbonyl (C=O) groups is 2. The molecule has 0 fully saturated rings. The maximum atomic E-state index is 12.8. The van der Waals surface area contributed by atoms with Gasteiger partial charge < -0.3 is 20.1 Å². The summed E-state index contributed by atoms with van der Waals surface area (Å²) in [5.74, 6) is -0.817. The van der Waals surface area contributed by atoms with Gasteiger partial charge in [0.15, 0.2) is 6.10 Å². The van der Waals surface area contributed by atoms with Crippen LogP contribution in [0.15, 0.2) is 72.9 Å². The van der Waals surface area contributed by atoms with Gasteiger partial charge in [-0.05, 0) is 64.2 Å². The highest BCUT2D eigenvalue weighted by Gasteiger charge is 2.26. The third kappa shape index (κ3) is 64.5. The second kappa shape index (κ2) is 64.6. The minimum Gasteiger partial charge on any atom is -0.462 e. The highest BCUT2D eigenvalue weighted by atomic mass is 31.2. The lowest BCUT2D eigenvalue weighted by molar-refractivity contribution is -0.161. The first-order valence-corrected chi connectivity index (χ1v) is 34.9. The van der Waals surface area contributed by atoms with E-state index in [1.807, 2.05) is 0 Å². The van der Waals surface area contributed by atoms with E-state index in [0.29, 0.717) is 6.42 Å². The summed E-state index contributed by atoms with van der Waals surface area (Å²) in [6.07, 6.45) is 84.1. The highest BCUT2D eigenvalue weighted by Crippen LogP contribution is 2.43. The van der Waals surface area contributed by atoms with E-state index < -0.39 is 26.5 Å². The van der Waals surface area contributed by atoms with E-state index in [-0.39, 0.29) is 38.6 Å². The van der Waals surface area contributed by atoms with E-state index in [0.717, 1.165) is 77.0 Å². The second-order valence-electron chi connectivity index (χ2n) is 22.3. The Labute approximate surface area is 488 Å². The summed E-state index contributed by atoms with van der Waals surface area (Å²) in [6.45, 7) is 3.68. The van der Waals surface area contributed by atoms with Crippen LogP contribution in [-0.2, 0) is 32.7 Å². The SMILES string of the molecule is CC/C=C\C/C=C\C/C=C\C/C=C\C/C=C\C/C=C\CCCCCCCCCCCCCCC(=O)OC(COC(=O)CCCCCCCCCCCCCCCCCCCCCCCCCCCCC)COP(=O)(O)OCCN. The Kier molecular flexibility index (Phi) is 62.5. The van der Waals surface area contributed by atoms with E-state index in [1.165, 1.54) is 212 Å². The third-order valence-electron chi connectivity index (χ3n) is 14.6. The van der Waals surface area contributed by atoms with Gasteiger partial charge in [0.2, 0.25) is 0 Å². The fraction of sp³-hybridized carbons (Fsp3) is 0.797. The minimum atomic E-state index is -4.39. The molecule has 9 nitrogen and oxygen atoms in total. The Morgan fingerprint density at radius 3 is 1.04 bits per heavy atom. The molecule has 0 aliphatic carbocycles. The molecule has 0 aliphatic rings. The van der Waals surface area contributed by atoms with E-state index in [2.05, 4.69) is 86.8 Å². The van der Waals surface area contributed by atoms with Crippen LogP contribution in [0.4, 0.5) is 0 Å². The van der Waals surface area contributed by atoms with E-state index in [4.69, 9.17) is 24.3 Å². The summed E-state index contributed by atoms with van der Waals surface area (Å²) in [5, 5.41) is 0. The van der Waals surface area contributed by atoms with Crippen molar-refractivity contribution in [1.82, 2.24) is 0 Å². The van der Waals surface area contributed by atoms with Crippen LogP contribution < -0.4 is 5.73 Å². The molecule has 0 radical (unpaired) electrons. The van der Waals surface area contributed by atoms with Gasteiger partial charge in [-0.25, -0.2) is 4.57 Å². The van der Waals surface area contributed by atoms with Crippen LogP contribution >= 0.6 is 7.82 Å². The van der Waals surface area contributed by atoms with Gasteiger partial charge in [0.25, 0.3) is 0 Å². The number of ether oxygens (including phenoxy) is 2. The van der Waals surface area contributed by atoms with Gasteiger partial charge in [0.1, 0.15) is 6.61 Å². The minimum absolute atomic E-state index is 0.0525. The van der Waals surface area contributed by atoms with Crippen molar-refractivity contribution < 1.29 is 37.6 Å². The molecule has 0 heterocycles. The molecular weight excluding hydrogens is 1000 g/mol. The molecule has 0 aromatic carbocycles. The van der Waals surface area contributed by atoms with Crippen LogP contribution in [0.3, 0.4) is 0 Å². The molecule has 0 saturated carbocycles. The van der Waals surface area contributed by atoms with Crippen LogP contribution in [0.1, 0.15) is 322 Å². The summed E-state index contributed by atoms with van der Waals surface area (Å²) in [7, 11) is -4.39. The Morgan fingerprint density at radius 1 is 0.392 bits per heavy atom. The van der Waals surface area contributed by atoms with Crippen molar-refractivity contribution in [2.75, 3.05) is 26.4 Å². The maximum absolute atomic E-state index is 12.8. The van der Waals surface area contributed by atoms with Crippen molar-refractivity contribution in [3.8, 4) is 0 Å². The average Bonchev–Trinajstić information content (AvgIpc) is 3.44. The van der Waals surface area contributed by atoms with Crippen LogP contribution in [0.2, 0.25) is 0 Å². The predicted molar refractivity (Wildman–Crippen MR) is 339 cm³/mol. The van der Waals surface area contributed by atoms with Gasteiger partial charge >= 0.3 is 19.8 Å². The quantitative estimate of drug-likeness (QED) is 0.0264. The number of phosphoric acid groups is 1. The Hall–Kier alpha value is -2.55. The average molecular weight is 1130 g/mol. The monoisotopic (exact) mass is 1130 g/mol. The Morgan fingerprint density at radius 2 is 0.696 bits per heavy atom. The molecule has 0 rings (SSSR count). The largest absolute Gasteiger partial charge is 0.472 e. The summed E-state index contributed by atoms with van der Waals surface area (Å²) in [6, 6.07) is 0. The molecule has 2 atom stereocenters. The lowest BCUT2D eigenvalue weighted by Crippen LogP contribution is -2.29. The number of hydrogen-bond acceptors (Lipinski definition) is 8. The van der Waals surface area contributed by atoms with Gasteiger partial charge in [-0.3, -0.25) is 18.6 Å². The molecule has 0 aromatic heterocycles. The lowest BCUT2D eigenvalue weighted by Gasteiger charge is -2.19. The first-order valence-electron chi connectivity index (χ1n) is 33.4. The molecule has 460 valence electrons. The predicted octanol–water partition coefficient (Wildman–Crippen LogP) is 21.6. The standard InChI is InChI=1S/C69H126NO8P/c1-3-5-7-9-11-13-15-17-19-21-23-25-27-29-31-32-33-34-36-38-40-42-44-46-48-50-52-54-56-58-60-62-69(72)78-67(66-77-79(73,74)76-64-63-70)65-75-68(71)61-59-57-55-53-51-49-47-45-43-41-39-37-35-30-28-26-24-22-20-18-16-14-12-10-8-6-4-2/h5,7,11,13,17,19,23,25,29,31,33-34,67H,3-4,6,8-10,12,14-16,18,20-22,24,26-28,30,32,35-66,70H2,1-2H3,(H,73,74)/b7-5-,13-11-,19-17-,25-23-,31-29-,34-33-. The third-order valence-corrected chi connectivity index (χ3v) is 15.6. The number of hydrogen-bond donors (Lipinski definition) is 2. The topological polar surface area (TPSA) is 134 Å². The summed E-state index contributed by atoms with van der Waals surface area (Å²) >= 11 is 0. The first-order chi connectivity index (χ1) is 38.8. The molecule has 0 bridgehead atoms. The normalized spacial score (nSPS) is 13.4. The highest BCUT2D eigenvalue weighted by molar-refractivity contribution is 7.47. The number of rotatable bonds is 63. The number of unbranched alkanes of at least 4 members (excludes halogenated alkanes) is 38. The van der Waals surface area contributed by atoms with Crippen molar-refractivity contribution in [3.63, 3.8) is 0 Å². The molecule has 0 saturated heterocycles. The molecule has 2 unspecified atom stereocenters. The van der Waals surface area contributed by atoms with Gasteiger partial charge in [0, 0.05) is 19.4 Å². The van der Waals surface area contributed by atoms with Crippen LogP contribution in [0, 0.1) is 0 Å². The first kappa shape index (κ1) is 76.5. The molecule has 79 heavy (non-hydrogen) atoms. The van der Waals surface area contributed by atoms with Gasteiger partial charge in [-0.1, -0.05) is 318 Å². The molecule has 0 aliphatic heterocycles. The molecule has 0 spiro atoms. The molecule has 3 N–H and O–H groups in total. The van der Waals surface area contributed by atoms with E-state index in [1.54, 1.807) is 0 Å². The van der Waals surface area contributed by atoms with Crippen molar-refractivity contribution >= 4 is 19.8 Å². The summed E-state index contributed by atoms with van der Waals surface area (Å²) < 4.78 is 33.2. The zero-order valence-electron chi connectivity index (χ0n) is 51.6. The number of phosphoric ester groups is 1. The molecule has 10 heteroatoms. The smallest absolute Gasteiger partial charge is 0.462 e. The summed E-state index contributed by atoms with van der Waals surface area (Å²) in [4.78, 5) is 35.3. The maximum Gasteiger partial charge on any atom is 0.472 e. The fourth-order valence-electron chi connectivity index (χ4n) is 9.70. The molecule has 0 aromatic rings. The van der Waals surface area contributed by atoms with Crippen LogP contribution in [0.5, 0.6) is 0 Å². The zero-order valence-corrected chi connectivity index (χ0v) is 52.5.